The van der Waals surface area contributed by atoms with Crippen molar-refractivity contribution in [1.29, 1.82) is 0 Å². The predicted molar refractivity (Wildman–Crippen MR) is 103 cm³/mol. The fourth-order valence-electron chi connectivity index (χ4n) is 3.77. The van der Waals surface area contributed by atoms with E-state index in [1.165, 1.54) is 4.31 Å². The van der Waals surface area contributed by atoms with E-state index in [9.17, 15) is 8.42 Å². The number of hydrogen-bond donors (Lipinski definition) is 1. The first kappa shape index (κ1) is 18.0. The van der Waals surface area contributed by atoms with Gasteiger partial charge in [0.05, 0.1) is 23.7 Å². The maximum absolute atomic E-state index is 13.0. The summed E-state index contributed by atoms with van der Waals surface area (Å²) in [6.45, 7) is 0.650. The summed E-state index contributed by atoms with van der Waals surface area (Å²) in [7, 11) is -0.0983. The second-order valence-electron chi connectivity index (χ2n) is 6.86. The van der Waals surface area contributed by atoms with E-state index >= 15 is 0 Å². The lowest BCUT2D eigenvalue weighted by Crippen LogP contribution is -2.32. The molecule has 0 amide bonds. The maximum atomic E-state index is 13.0. The predicted octanol–water partition coefficient (Wildman–Crippen LogP) is 1.70. The number of nitrogens with zero attached hydrogens (tertiary/aromatic N) is 3. The van der Waals surface area contributed by atoms with E-state index in [4.69, 9.17) is 10.5 Å². The van der Waals surface area contributed by atoms with Crippen LogP contribution in [0.15, 0.2) is 53.8 Å². The van der Waals surface area contributed by atoms with Gasteiger partial charge in [-0.3, -0.25) is 4.98 Å². The Hall–Kier alpha value is -2.42. The molecule has 1 saturated heterocycles. The number of aryl methyl sites for hydroxylation is 1. The van der Waals surface area contributed by atoms with Crippen molar-refractivity contribution in [3.8, 4) is 5.75 Å². The number of pyridine rings is 1. The van der Waals surface area contributed by atoms with Gasteiger partial charge in [0.1, 0.15) is 5.75 Å². The number of hydrogen-bond acceptors (Lipinski definition) is 5. The highest BCUT2D eigenvalue weighted by atomic mass is 32.2. The van der Waals surface area contributed by atoms with E-state index < -0.39 is 10.0 Å². The smallest absolute Gasteiger partial charge is 0.243 e. The lowest BCUT2D eigenvalue weighted by Gasteiger charge is -2.16. The van der Waals surface area contributed by atoms with E-state index in [2.05, 4.69) is 4.98 Å². The summed E-state index contributed by atoms with van der Waals surface area (Å²) in [4.78, 5) is 4.42. The molecule has 3 heterocycles. The molecule has 8 heteroatoms. The molecule has 0 aliphatic carbocycles. The first-order valence-electron chi connectivity index (χ1n) is 8.70. The van der Waals surface area contributed by atoms with Crippen molar-refractivity contribution in [3.63, 3.8) is 0 Å². The van der Waals surface area contributed by atoms with Gasteiger partial charge in [-0.05, 0) is 35.9 Å². The third kappa shape index (κ3) is 2.99. The average Bonchev–Trinajstić information content (AvgIpc) is 3.23. The molecule has 3 aromatic rings. The highest BCUT2D eigenvalue weighted by Gasteiger charge is 2.39. The van der Waals surface area contributed by atoms with E-state index in [1.807, 2.05) is 30.1 Å². The largest absolute Gasteiger partial charge is 0.497 e. The van der Waals surface area contributed by atoms with Gasteiger partial charge in [0.25, 0.3) is 0 Å². The molecule has 7 nitrogen and oxygen atoms in total. The lowest BCUT2D eigenvalue weighted by atomic mass is 9.95. The van der Waals surface area contributed by atoms with Gasteiger partial charge < -0.3 is 15.0 Å². The Bertz CT molecular complexity index is 1080. The standard InChI is InChI=1S/C19H22N4O3S/c1-22-10-16(15-7-8-21-9-19(15)22)17-11-23(12-18(17)20)27(24,25)14-5-3-13(26-2)4-6-14/h3-10,17-18H,11-12,20H2,1-2H3/t17-,18+/m0/s1. The fraction of sp³-hybridized carbons (Fsp3) is 0.316. The van der Waals surface area contributed by atoms with Crippen molar-refractivity contribution in [3.05, 3.63) is 54.5 Å². The van der Waals surface area contributed by atoms with Gasteiger partial charge in [-0.15, -0.1) is 0 Å². The van der Waals surface area contributed by atoms with Gasteiger partial charge in [0.2, 0.25) is 10.0 Å². The molecule has 1 fully saturated rings. The molecule has 2 N–H and O–H groups in total. The van der Waals surface area contributed by atoms with Crippen LogP contribution in [0.25, 0.3) is 10.9 Å². The molecule has 2 aromatic heterocycles. The zero-order chi connectivity index (χ0) is 19.2. The molecular formula is C19H22N4O3S. The molecule has 0 spiro atoms. The van der Waals surface area contributed by atoms with Crippen LogP contribution < -0.4 is 10.5 Å². The third-order valence-corrected chi connectivity index (χ3v) is 7.10. The molecule has 142 valence electrons. The minimum Gasteiger partial charge on any atom is -0.497 e. The Kier molecular flexibility index (Phi) is 4.41. The number of nitrogens with two attached hydrogens (primary N) is 1. The van der Waals surface area contributed by atoms with Crippen LogP contribution >= 0.6 is 0 Å². The van der Waals surface area contributed by atoms with Crippen LogP contribution in [0.3, 0.4) is 0 Å². The van der Waals surface area contributed by atoms with Crippen LogP contribution in [-0.4, -0.2) is 48.5 Å². The molecule has 1 aliphatic rings. The Morgan fingerprint density at radius 1 is 1.19 bits per heavy atom. The second-order valence-corrected chi connectivity index (χ2v) is 8.79. The maximum Gasteiger partial charge on any atom is 0.243 e. The van der Waals surface area contributed by atoms with Gasteiger partial charge in [-0.1, -0.05) is 0 Å². The second kappa shape index (κ2) is 6.63. The number of methoxy groups -OCH3 is 1. The highest BCUT2D eigenvalue weighted by molar-refractivity contribution is 7.89. The number of ether oxygens (including phenoxy) is 1. The van der Waals surface area contributed by atoms with Crippen molar-refractivity contribution in [2.75, 3.05) is 20.2 Å². The fourth-order valence-corrected chi connectivity index (χ4v) is 5.27. The first-order valence-corrected chi connectivity index (χ1v) is 10.1. The minimum absolute atomic E-state index is 0.0656. The molecule has 1 aliphatic heterocycles. The van der Waals surface area contributed by atoms with Crippen LogP contribution in [0.1, 0.15) is 11.5 Å². The van der Waals surface area contributed by atoms with Gasteiger partial charge in [0, 0.05) is 49.9 Å². The van der Waals surface area contributed by atoms with Crippen LogP contribution in [0, 0.1) is 0 Å². The zero-order valence-electron chi connectivity index (χ0n) is 15.2. The Morgan fingerprint density at radius 2 is 1.93 bits per heavy atom. The minimum atomic E-state index is -3.61. The third-order valence-electron chi connectivity index (χ3n) is 5.25. The molecule has 0 bridgehead atoms. The van der Waals surface area contributed by atoms with Crippen LogP contribution in [0.4, 0.5) is 0 Å². The topological polar surface area (TPSA) is 90.5 Å². The molecule has 4 rings (SSSR count). The van der Waals surface area contributed by atoms with E-state index in [0.29, 0.717) is 18.8 Å². The van der Waals surface area contributed by atoms with Crippen molar-refractivity contribution >= 4 is 20.9 Å². The molecule has 0 radical (unpaired) electrons. The van der Waals surface area contributed by atoms with Gasteiger partial charge in [0.15, 0.2) is 0 Å². The monoisotopic (exact) mass is 386 g/mol. The number of sulfonamides is 1. The van der Waals surface area contributed by atoms with Crippen molar-refractivity contribution in [1.82, 2.24) is 13.9 Å². The summed E-state index contributed by atoms with van der Waals surface area (Å²) in [6, 6.07) is 8.12. The molecular weight excluding hydrogens is 364 g/mol. The quantitative estimate of drug-likeness (QED) is 0.737. The van der Waals surface area contributed by atoms with Gasteiger partial charge in [-0.25, -0.2) is 8.42 Å². The molecule has 0 saturated carbocycles. The lowest BCUT2D eigenvalue weighted by molar-refractivity contribution is 0.414. The summed E-state index contributed by atoms with van der Waals surface area (Å²) in [5.41, 5.74) is 8.45. The zero-order valence-corrected chi connectivity index (χ0v) is 16.1. The number of rotatable bonds is 4. The van der Waals surface area contributed by atoms with Crippen molar-refractivity contribution < 1.29 is 13.2 Å². The van der Waals surface area contributed by atoms with E-state index in [1.54, 1.807) is 37.6 Å². The van der Waals surface area contributed by atoms with E-state index in [-0.39, 0.29) is 16.9 Å². The molecule has 1 aromatic carbocycles. The molecule has 2 atom stereocenters. The Morgan fingerprint density at radius 3 is 2.63 bits per heavy atom. The summed E-state index contributed by atoms with van der Waals surface area (Å²) in [5, 5.41) is 1.07. The van der Waals surface area contributed by atoms with Crippen LogP contribution in [-0.2, 0) is 17.1 Å². The average molecular weight is 386 g/mol. The summed E-state index contributed by atoms with van der Waals surface area (Å²) >= 11 is 0. The van der Waals surface area contributed by atoms with Gasteiger partial charge in [-0.2, -0.15) is 4.31 Å². The van der Waals surface area contributed by atoms with Gasteiger partial charge >= 0.3 is 0 Å². The molecule has 0 unspecified atom stereocenters. The SMILES string of the molecule is COc1ccc(S(=O)(=O)N2C[C@@H](N)[C@H](c3cn(C)c4cnccc34)C2)cc1. The summed E-state index contributed by atoms with van der Waals surface area (Å²) in [6.07, 6.45) is 5.59. The highest BCUT2D eigenvalue weighted by Crippen LogP contribution is 2.35. The normalized spacial score (nSPS) is 21.0. The van der Waals surface area contributed by atoms with Crippen LogP contribution in [0.5, 0.6) is 5.75 Å². The van der Waals surface area contributed by atoms with E-state index in [0.717, 1.165) is 16.5 Å². The van der Waals surface area contributed by atoms with Crippen molar-refractivity contribution in [2.24, 2.45) is 12.8 Å². The first-order chi connectivity index (χ1) is 12.9. The van der Waals surface area contributed by atoms with Crippen molar-refractivity contribution in [2.45, 2.75) is 16.9 Å². The summed E-state index contributed by atoms with van der Waals surface area (Å²) < 4.78 is 34.7. The van der Waals surface area contributed by atoms with Crippen LogP contribution in [0.2, 0.25) is 0 Å². The molecule has 27 heavy (non-hydrogen) atoms. The summed E-state index contributed by atoms with van der Waals surface area (Å²) in [5.74, 6) is 0.554. The number of benzene rings is 1. The number of fused-ring (bicyclic) bond motifs is 1. The Labute approximate surface area is 158 Å². The number of aromatic nitrogens is 2. The Balaban J connectivity index is 1.66.